The number of hydrogen-bond acceptors (Lipinski definition) is 3. The van der Waals surface area contributed by atoms with E-state index in [4.69, 9.17) is 4.74 Å². The van der Waals surface area contributed by atoms with E-state index in [1.54, 1.807) is 5.56 Å². The highest BCUT2D eigenvalue weighted by Gasteiger charge is 2.46. The molecule has 0 saturated heterocycles. The second-order valence-electron chi connectivity index (χ2n) is 23.8. The van der Waals surface area contributed by atoms with E-state index in [0.717, 1.165) is 46.4 Å². The van der Waals surface area contributed by atoms with Gasteiger partial charge in [0.05, 0.1) is 5.69 Å². The maximum atomic E-state index is 7.53. The van der Waals surface area contributed by atoms with Crippen molar-refractivity contribution in [2.45, 2.75) is 117 Å². The van der Waals surface area contributed by atoms with Crippen molar-refractivity contribution in [3.8, 4) is 22.6 Å². The Morgan fingerprint density at radius 1 is 0.529 bits per heavy atom. The van der Waals surface area contributed by atoms with Gasteiger partial charge in [-0.25, -0.2) is 0 Å². The zero-order chi connectivity index (χ0) is 47.2. The average Bonchev–Trinajstić information content (AvgIpc) is 3.87. The summed E-state index contributed by atoms with van der Waals surface area (Å²) in [6, 6.07) is 55.9. The Bertz CT molecular complexity index is 3370. The lowest BCUT2D eigenvalue weighted by Gasteiger charge is -2.42. The van der Waals surface area contributed by atoms with Crippen LogP contribution in [-0.2, 0) is 34.5 Å². The normalized spacial score (nSPS) is 15.3. The average molecular weight is 887 g/mol. The van der Waals surface area contributed by atoms with Gasteiger partial charge in [0, 0.05) is 39.9 Å². The number of nitrogens with zero attached hydrogens (tertiary/aromatic N) is 2. The lowest BCUT2D eigenvalue weighted by Crippen LogP contribution is -2.60. The number of hydrogen-bond donors (Lipinski definition) is 0. The molecule has 3 nitrogen and oxygen atoms in total. The SMILES string of the molecule is CC(C)(C)c1ccc(N(c2cc3c4c(c2)N(c2ccc(C(C)(C)C)cc2)c2ccc(C(C)(C)C)cc2B4c2cc4c(cc2O3)-c2ccc3c(c2C4(C)C)CCC3)c2ccc3ccccc3c2)cc1. The fourth-order valence-corrected chi connectivity index (χ4v) is 12.1. The van der Waals surface area contributed by atoms with E-state index >= 15 is 0 Å². The van der Waals surface area contributed by atoms with E-state index in [2.05, 4.69) is 232 Å². The van der Waals surface area contributed by atoms with Crippen LogP contribution in [0.3, 0.4) is 0 Å². The molecule has 0 unspecified atom stereocenters. The van der Waals surface area contributed by atoms with Gasteiger partial charge in [0.2, 0.25) is 0 Å². The Morgan fingerprint density at radius 3 is 1.90 bits per heavy atom. The molecule has 68 heavy (non-hydrogen) atoms. The van der Waals surface area contributed by atoms with Gasteiger partial charge in [-0.3, -0.25) is 0 Å². The third kappa shape index (κ3) is 6.61. The molecule has 0 aromatic heterocycles. The molecule has 2 aliphatic carbocycles. The van der Waals surface area contributed by atoms with Crippen LogP contribution in [0.4, 0.5) is 34.1 Å². The third-order valence-corrected chi connectivity index (χ3v) is 15.9. The lowest BCUT2D eigenvalue weighted by atomic mass is 9.33. The topological polar surface area (TPSA) is 15.7 Å². The summed E-state index contributed by atoms with van der Waals surface area (Å²) in [5.74, 6) is 1.86. The first-order valence-corrected chi connectivity index (χ1v) is 25.0. The van der Waals surface area contributed by atoms with Crippen LogP contribution in [0.2, 0.25) is 0 Å². The maximum absolute atomic E-state index is 7.53. The predicted octanol–water partition coefficient (Wildman–Crippen LogP) is 15.4. The van der Waals surface area contributed by atoms with Crippen LogP contribution in [-0.4, -0.2) is 6.71 Å². The molecule has 0 radical (unpaired) electrons. The first-order valence-electron chi connectivity index (χ1n) is 25.0. The van der Waals surface area contributed by atoms with E-state index in [-0.39, 0.29) is 28.4 Å². The van der Waals surface area contributed by atoms with Crippen molar-refractivity contribution in [3.05, 3.63) is 185 Å². The van der Waals surface area contributed by atoms with E-state index in [1.165, 1.54) is 90.2 Å². The van der Waals surface area contributed by atoms with Gasteiger partial charge >= 0.3 is 0 Å². The molecule has 2 heterocycles. The van der Waals surface area contributed by atoms with Gasteiger partial charge in [0.25, 0.3) is 6.71 Å². The summed E-state index contributed by atoms with van der Waals surface area (Å²) in [5, 5.41) is 2.43. The van der Waals surface area contributed by atoms with E-state index in [0.29, 0.717) is 0 Å². The Morgan fingerprint density at radius 2 is 1.19 bits per heavy atom. The molecule has 12 rings (SSSR count). The Balaban J connectivity index is 1.14. The minimum absolute atomic E-state index is 0.0256. The van der Waals surface area contributed by atoms with Crippen LogP contribution in [0.25, 0.3) is 21.9 Å². The summed E-state index contributed by atoms with van der Waals surface area (Å²) in [6.45, 7) is 25.6. The van der Waals surface area contributed by atoms with Crippen molar-refractivity contribution >= 4 is 68.0 Å². The molecule has 0 fully saturated rings. The van der Waals surface area contributed by atoms with Crippen LogP contribution < -0.4 is 30.9 Å². The van der Waals surface area contributed by atoms with Crippen molar-refractivity contribution in [1.29, 1.82) is 0 Å². The number of anilines is 6. The van der Waals surface area contributed by atoms with Gasteiger partial charge in [-0.1, -0.05) is 161 Å². The monoisotopic (exact) mass is 887 g/mol. The van der Waals surface area contributed by atoms with Gasteiger partial charge in [-0.15, -0.1) is 0 Å². The zero-order valence-electron chi connectivity index (χ0n) is 41.9. The lowest BCUT2D eigenvalue weighted by molar-refractivity contribution is 0.487. The molecule has 0 spiro atoms. The fourth-order valence-electron chi connectivity index (χ4n) is 12.1. The molecule has 4 aliphatic rings. The summed E-state index contributed by atoms with van der Waals surface area (Å²) in [7, 11) is 0. The highest BCUT2D eigenvalue weighted by atomic mass is 16.5. The molecular formula is C64H63BN2O. The first-order chi connectivity index (χ1) is 32.3. The maximum Gasteiger partial charge on any atom is 0.256 e. The summed E-state index contributed by atoms with van der Waals surface area (Å²) >= 11 is 0. The first kappa shape index (κ1) is 42.8. The molecule has 0 N–H and O–H groups in total. The molecule has 4 heteroatoms. The summed E-state index contributed by atoms with van der Waals surface area (Å²) in [4.78, 5) is 4.96. The smallest absolute Gasteiger partial charge is 0.256 e. The summed E-state index contributed by atoms with van der Waals surface area (Å²) < 4.78 is 7.53. The van der Waals surface area contributed by atoms with Crippen molar-refractivity contribution in [2.24, 2.45) is 0 Å². The summed E-state index contributed by atoms with van der Waals surface area (Å²) in [6.07, 6.45) is 3.57. The van der Waals surface area contributed by atoms with E-state index in [9.17, 15) is 0 Å². The van der Waals surface area contributed by atoms with Gasteiger partial charge in [0.1, 0.15) is 11.5 Å². The molecule has 0 amide bonds. The van der Waals surface area contributed by atoms with Crippen molar-refractivity contribution in [2.75, 3.05) is 9.80 Å². The van der Waals surface area contributed by atoms with Crippen LogP contribution in [0, 0.1) is 0 Å². The number of aryl methyl sites for hydroxylation is 1. The molecule has 338 valence electrons. The molecule has 0 atom stereocenters. The number of benzene rings is 8. The number of ether oxygens (including phenoxy) is 1. The van der Waals surface area contributed by atoms with Crippen LogP contribution in [0.5, 0.6) is 11.5 Å². The quantitative estimate of drug-likeness (QED) is 0.164. The molecule has 0 saturated carbocycles. The molecule has 0 bridgehead atoms. The van der Waals surface area contributed by atoms with Crippen molar-refractivity contribution < 1.29 is 4.74 Å². The largest absolute Gasteiger partial charge is 0.458 e. The molecule has 8 aromatic rings. The molecular weight excluding hydrogens is 824 g/mol. The van der Waals surface area contributed by atoms with Gasteiger partial charge in [0.15, 0.2) is 0 Å². The number of fused-ring (bicyclic) bond motifs is 10. The van der Waals surface area contributed by atoms with Crippen molar-refractivity contribution in [1.82, 2.24) is 0 Å². The van der Waals surface area contributed by atoms with Crippen LogP contribution in [0.15, 0.2) is 146 Å². The second kappa shape index (κ2) is 14.7. The Hall–Kier alpha value is -6.52. The zero-order valence-corrected chi connectivity index (χ0v) is 41.9. The van der Waals surface area contributed by atoms with E-state index < -0.39 is 0 Å². The molecule has 2 aliphatic heterocycles. The minimum atomic E-state index is -0.128. The molecule has 8 aromatic carbocycles. The second-order valence-corrected chi connectivity index (χ2v) is 23.8. The van der Waals surface area contributed by atoms with E-state index in [1.807, 2.05) is 0 Å². The van der Waals surface area contributed by atoms with Gasteiger partial charge in [-0.05, 0) is 167 Å². The van der Waals surface area contributed by atoms with Gasteiger partial charge < -0.3 is 14.5 Å². The highest BCUT2D eigenvalue weighted by Crippen LogP contribution is 2.54. The fraction of sp³-hybridized carbons (Fsp3) is 0.281. The van der Waals surface area contributed by atoms with Gasteiger partial charge in [-0.2, -0.15) is 0 Å². The highest BCUT2D eigenvalue weighted by molar-refractivity contribution is 6.99. The van der Waals surface area contributed by atoms with Crippen LogP contribution >= 0.6 is 0 Å². The third-order valence-electron chi connectivity index (χ3n) is 15.9. The minimum Gasteiger partial charge on any atom is -0.458 e. The Labute approximate surface area is 404 Å². The van der Waals surface area contributed by atoms with Crippen LogP contribution in [0.1, 0.15) is 122 Å². The number of rotatable bonds is 4. The summed E-state index contributed by atoms with van der Waals surface area (Å²) in [5.41, 5.74) is 23.1. The standard InChI is InChI=1S/C64H63BN2O/c1-61(2,3)42-21-27-45(28-22-42)66(47-26-19-39-15-12-13-16-41(39)33-47)48-35-56-60-58(36-48)68-57-37-51-50-31-20-40-17-14-18-49(40)59(50)64(10,11)52(51)38-54(57)65(60)53-34-44(63(7,8)9)25-32-55(53)67(56)46-29-23-43(24-30-46)62(4,5)6/h12-13,15-16,19-38H,14,17-18H2,1-11H3. The Kier molecular flexibility index (Phi) is 9.28. The predicted molar refractivity (Wildman–Crippen MR) is 290 cm³/mol. The van der Waals surface area contributed by atoms with Crippen molar-refractivity contribution in [3.63, 3.8) is 0 Å².